The maximum absolute atomic E-state index is 14.1. The van der Waals surface area contributed by atoms with Gasteiger partial charge in [-0.15, -0.1) is 0 Å². The number of nitrogens with one attached hydrogen (secondary N) is 1. The number of nitrogens with zero attached hydrogens (tertiary/aromatic N) is 3. The Morgan fingerprint density at radius 1 is 1.33 bits per heavy atom. The van der Waals surface area contributed by atoms with Crippen molar-refractivity contribution in [3.63, 3.8) is 0 Å². The SMILES string of the molecule is Cc1c[nH]c(-c2nc(C3CCCN(c4cccc(F)c4F)C(=O)C3)no2)c1. The first-order valence-corrected chi connectivity index (χ1v) is 8.76. The van der Waals surface area contributed by atoms with Crippen molar-refractivity contribution >= 4 is 11.6 Å². The number of hydrogen-bond acceptors (Lipinski definition) is 4. The van der Waals surface area contributed by atoms with E-state index in [2.05, 4.69) is 15.1 Å². The van der Waals surface area contributed by atoms with Crippen LogP contribution >= 0.6 is 0 Å². The zero-order chi connectivity index (χ0) is 19.0. The molecule has 27 heavy (non-hydrogen) atoms. The summed E-state index contributed by atoms with van der Waals surface area (Å²) in [5.41, 5.74) is 1.73. The quantitative estimate of drug-likeness (QED) is 0.755. The molecule has 1 unspecified atom stereocenters. The van der Waals surface area contributed by atoms with Gasteiger partial charge in [-0.05, 0) is 43.5 Å². The number of anilines is 1. The van der Waals surface area contributed by atoms with E-state index in [4.69, 9.17) is 4.52 Å². The van der Waals surface area contributed by atoms with Crippen LogP contribution in [0.25, 0.3) is 11.6 Å². The van der Waals surface area contributed by atoms with Crippen molar-refractivity contribution in [2.45, 2.75) is 32.1 Å². The van der Waals surface area contributed by atoms with Crippen LogP contribution in [0, 0.1) is 18.6 Å². The highest BCUT2D eigenvalue weighted by molar-refractivity contribution is 5.94. The number of H-pyrrole nitrogens is 1. The van der Waals surface area contributed by atoms with Gasteiger partial charge >= 0.3 is 0 Å². The first-order valence-electron chi connectivity index (χ1n) is 8.76. The van der Waals surface area contributed by atoms with E-state index in [1.807, 2.05) is 19.2 Å². The van der Waals surface area contributed by atoms with Crippen LogP contribution in [0.3, 0.4) is 0 Å². The highest BCUT2D eigenvalue weighted by Crippen LogP contribution is 2.32. The molecule has 8 heteroatoms. The third kappa shape index (κ3) is 3.34. The van der Waals surface area contributed by atoms with E-state index >= 15 is 0 Å². The molecule has 3 heterocycles. The molecule has 1 saturated heterocycles. The van der Waals surface area contributed by atoms with Crippen LogP contribution in [-0.2, 0) is 4.79 Å². The number of aromatic amines is 1. The van der Waals surface area contributed by atoms with E-state index in [0.29, 0.717) is 31.1 Å². The third-order valence-corrected chi connectivity index (χ3v) is 4.74. The van der Waals surface area contributed by atoms with E-state index in [9.17, 15) is 13.6 Å². The molecule has 0 spiro atoms. The zero-order valence-corrected chi connectivity index (χ0v) is 14.7. The number of rotatable bonds is 3. The highest BCUT2D eigenvalue weighted by Gasteiger charge is 2.30. The molecule has 1 atom stereocenters. The summed E-state index contributed by atoms with van der Waals surface area (Å²) in [6.45, 7) is 2.26. The average molecular weight is 372 g/mol. The number of amides is 1. The monoisotopic (exact) mass is 372 g/mol. The molecule has 4 rings (SSSR count). The van der Waals surface area contributed by atoms with Crippen molar-refractivity contribution < 1.29 is 18.1 Å². The average Bonchev–Trinajstić information content (AvgIpc) is 3.25. The summed E-state index contributed by atoms with van der Waals surface area (Å²) < 4.78 is 32.9. The van der Waals surface area contributed by atoms with Crippen LogP contribution in [0.15, 0.2) is 35.0 Å². The van der Waals surface area contributed by atoms with Crippen molar-refractivity contribution in [1.82, 2.24) is 15.1 Å². The maximum Gasteiger partial charge on any atom is 0.274 e. The second-order valence-corrected chi connectivity index (χ2v) is 6.71. The Balaban J connectivity index is 1.55. The first-order chi connectivity index (χ1) is 13.0. The van der Waals surface area contributed by atoms with E-state index in [-0.39, 0.29) is 23.9 Å². The minimum absolute atomic E-state index is 0.0312. The van der Waals surface area contributed by atoms with Crippen molar-refractivity contribution in [1.29, 1.82) is 0 Å². The Kier molecular flexibility index (Phi) is 4.47. The fourth-order valence-corrected chi connectivity index (χ4v) is 3.36. The Hall–Kier alpha value is -3.03. The molecule has 0 bridgehead atoms. The predicted octanol–water partition coefficient (Wildman–Crippen LogP) is 3.95. The summed E-state index contributed by atoms with van der Waals surface area (Å²) >= 11 is 0. The lowest BCUT2D eigenvalue weighted by Gasteiger charge is -2.21. The molecule has 0 radical (unpaired) electrons. The Bertz CT molecular complexity index is 982. The number of aryl methyl sites for hydroxylation is 1. The van der Waals surface area contributed by atoms with Crippen molar-refractivity contribution in [3.05, 3.63) is 53.5 Å². The lowest BCUT2D eigenvalue weighted by atomic mass is 10.00. The summed E-state index contributed by atoms with van der Waals surface area (Å²) in [5, 5.41) is 4.02. The number of halogens is 2. The zero-order valence-electron chi connectivity index (χ0n) is 14.7. The van der Waals surface area contributed by atoms with Gasteiger partial charge in [-0.1, -0.05) is 11.2 Å². The topological polar surface area (TPSA) is 75.0 Å². The van der Waals surface area contributed by atoms with Gasteiger partial charge in [0.2, 0.25) is 5.91 Å². The summed E-state index contributed by atoms with van der Waals surface area (Å²) in [4.78, 5) is 21.4. The molecule has 6 nitrogen and oxygen atoms in total. The molecule has 1 amide bonds. The number of hydrogen-bond donors (Lipinski definition) is 1. The van der Waals surface area contributed by atoms with Gasteiger partial charge in [0.05, 0.1) is 5.69 Å². The minimum atomic E-state index is -1.01. The summed E-state index contributed by atoms with van der Waals surface area (Å²) in [5.74, 6) is -1.68. The largest absolute Gasteiger partial charge is 0.357 e. The van der Waals surface area contributed by atoms with Gasteiger partial charge in [-0.25, -0.2) is 8.78 Å². The molecule has 1 aliphatic rings. The van der Waals surface area contributed by atoms with E-state index in [1.165, 1.54) is 17.0 Å². The first kappa shape index (κ1) is 17.4. The van der Waals surface area contributed by atoms with E-state index in [1.54, 1.807) is 0 Å². The van der Waals surface area contributed by atoms with Gasteiger partial charge in [0.25, 0.3) is 5.89 Å². The summed E-state index contributed by atoms with van der Waals surface area (Å²) in [7, 11) is 0. The normalized spacial score (nSPS) is 18.0. The fourth-order valence-electron chi connectivity index (χ4n) is 3.36. The van der Waals surface area contributed by atoms with Crippen molar-refractivity contribution in [2.75, 3.05) is 11.4 Å². The number of benzene rings is 1. The smallest absolute Gasteiger partial charge is 0.274 e. The number of carbonyl (C=O) groups is 1. The fraction of sp³-hybridized carbons (Fsp3) is 0.316. The molecule has 1 aromatic carbocycles. The molecule has 2 aromatic heterocycles. The minimum Gasteiger partial charge on any atom is -0.357 e. The van der Waals surface area contributed by atoms with Gasteiger partial charge < -0.3 is 14.4 Å². The molecule has 140 valence electrons. The van der Waals surface area contributed by atoms with E-state index < -0.39 is 11.6 Å². The summed E-state index contributed by atoms with van der Waals surface area (Å²) in [6.07, 6.45) is 3.22. The predicted molar refractivity (Wildman–Crippen MR) is 94.1 cm³/mol. The van der Waals surface area contributed by atoms with Crippen LogP contribution < -0.4 is 4.90 Å². The van der Waals surface area contributed by atoms with Gasteiger partial charge in [-0.2, -0.15) is 4.98 Å². The molecule has 1 fully saturated rings. The lowest BCUT2D eigenvalue weighted by molar-refractivity contribution is -0.118. The molecular weight excluding hydrogens is 354 g/mol. The molecule has 0 saturated carbocycles. The van der Waals surface area contributed by atoms with Gasteiger partial charge in [0, 0.05) is 25.1 Å². The van der Waals surface area contributed by atoms with Gasteiger partial charge in [-0.3, -0.25) is 4.79 Å². The van der Waals surface area contributed by atoms with Crippen molar-refractivity contribution in [3.8, 4) is 11.6 Å². The number of carbonyl (C=O) groups excluding carboxylic acids is 1. The van der Waals surface area contributed by atoms with Gasteiger partial charge in [0.1, 0.15) is 5.69 Å². The number of aromatic nitrogens is 3. The van der Waals surface area contributed by atoms with Gasteiger partial charge in [0.15, 0.2) is 17.5 Å². The highest BCUT2D eigenvalue weighted by atomic mass is 19.2. The van der Waals surface area contributed by atoms with E-state index in [0.717, 1.165) is 17.3 Å². The van der Waals surface area contributed by atoms with Crippen molar-refractivity contribution in [2.24, 2.45) is 0 Å². The Labute approximate surface area is 154 Å². The Morgan fingerprint density at radius 3 is 2.96 bits per heavy atom. The Morgan fingerprint density at radius 2 is 2.19 bits per heavy atom. The third-order valence-electron chi connectivity index (χ3n) is 4.74. The van der Waals surface area contributed by atoms with Crippen LogP contribution in [0.2, 0.25) is 0 Å². The lowest BCUT2D eigenvalue weighted by Crippen LogP contribution is -2.31. The maximum atomic E-state index is 14.1. The molecule has 0 aliphatic carbocycles. The standard InChI is InChI=1S/C19H18F2N4O2/c1-11-8-14(22-10-11)19-23-18(24-27-19)12-4-3-7-25(16(26)9-12)15-6-2-5-13(20)17(15)21/h2,5-6,8,10,12,22H,3-4,7,9H2,1H3. The van der Waals surface area contributed by atoms with Crippen LogP contribution in [-0.4, -0.2) is 27.6 Å². The molecule has 3 aromatic rings. The van der Waals surface area contributed by atoms with Crippen LogP contribution in [0.5, 0.6) is 0 Å². The molecular formula is C19H18F2N4O2. The van der Waals surface area contributed by atoms with Crippen LogP contribution in [0.4, 0.5) is 14.5 Å². The van der Waals surface area contributed by atoms with Crippen LogP contribution in [0.1, 0.15) is 36.6 Å². The molecule has 1 N–H and O–H groups in total. The summed E-state index contributed by atoms with van der Waals surface area (Å²) in [6, 6.07) is 5.74. The second-order valence-electron chi connectivity index (χ2n) is 6.71. The molecule has 1 aliphatic heterocycles. The second kappa shape index (κ2) is 6.94.